The summed E-state index contributed by atoms with van der Waals surface area (Å²) in [6.45, 7) is 1.58. The van der Waals surface area contributed by atoms with Gasteiger partial charge in [0.1, 0.15) is 12.3 Å². The smallest absolute Gasteiger partial charge is 0.243 e. The topological polar surface area (TPSA) is 78.8 Å². The van der Waals surface area contributed by atoms with E-state index in [1.807, 2.05) is 23.5 Å². The summed E-state index contributed by atoms with van der Waals surface area (Å²) in [6, 6.07) is 8.05. The number of rotatable bonds is 9. The second kappa shape index (κ2) is 13.6. The van der Waals surface area contributed by atoms with E-state index in [0.29, 0.717) is 5.96 Å². The van der Waals surface area contributed by atoms with E-state index in [4.69, 9.17) is 9.72 Å². The van der Waals surface area contributed by atoms with E-state index < -0.39 is 0 Å². The lowest BCUT2D eigenvalue weighted by molar-refractivity contribution is -0.127. The summed E-state index contributed by atoms with van der Waals surface area (Å²) in [5, 5.41) is 7.89. The maximum absolute atomic E-state index is 12.0. The third-order valence-electron chi connectivity index (χ3n) is 5.26. The number of hydrogen-bond acceptors (Lipinski definition) is 5. The molecule has 1 aliphatic carbocycles. The molecule has 1 aliphatic rings. The molecule has 1 aromatic heterocycles. The number of aromatic nitrogens is 1. The number of hydrogen-bond donors (Lipinski definition) is 2. The molecule has 1 heterocycles. The molecule has 7 nitrogen and oxygen atoms in total. The van der Waals surface area contributed by atoms with Gasteiger partial charge in [-0.15, -0.1) is 35.3 Å². The molecule has 0 atom stereocenters. The lowest BCUT2D eigenvalue weighted by atomic mass is 10.0. The number of amides is 1. The van der Waals surface area contributed by atoms with Crippen LogP contribution < -0.4 is 15.4 Å². The number of aryl methyl sites for hydroxylation is 2. The molecule has 1 aromatic carbocycles. The van der Waals surface area contributed by atoms with E-state index in [9.17, 15) is 4.79 Å². The summed E-state index contributed by atoms with van der Waals surface area (Å²) in [7, 11) is 5.15. The molecule has 0 saturated carbocycles. The number of methoxy groups -OCH3 is 1. The van der Waals surface area contributed by atoms with Crippen molar-refractivity contribution in [3.63, 3.8) is 0 Å². The number of guanidine groups is 1. The van der Waals surface area contributed by atoms with Crippen LogP contribution in [0.4, 0.5) is 0 Å². The molecular weight excluding hydrogens is 537 g/mol. The molecule has 0 bridgehead atoms. The Balaban J connectivity index is 0.00000363. The van der Waals surface area contributed by atoms with Gasteiger partial charge in [0, 0.05) is 38.5 Å². The number of nitrogens with zero attached hydrogens (tertiary/aromatic N) is 3. The van der Waals surface area contributed by atoms with Crippen molar-refractivity contribution in [3.05, 3.63) is 45.4 Å². The average molecular weight is 572 g/mol. The van der Waals surface area contributed by atoms with Gasteiger partial charge in [0.2, 0.25) is 5.91 Å². The standard InChI is InChI=1S/C23H33N5O2S.HI/c1-28(2)22(29)16-26-23(24-14-12-17-8-10-18(30-3)11-9-17)25-15-13-21-27-19-6-4-5-7-20(19)31-21;/h8-11H,4-7,12-16H2,1-3H3,(H2,24,25,26);1H. The number of fused-ring (bicyclic) bond motifs is 1. The molecule has 0 spiro atoms. The first kappa shape index (κ1) is 26.4. The van der Waals surface area contributed by atoms with Gasteiger partial charge in [-0.2, -0.15) is 0 Å². The highest BCUT2D eigenvalue weighted by atomic mass is 127. The lowest BCUT2D eigenvalue weighted by Gasteiger charge is -2.13. The Morgan fingerprint density at radius 3 is 2.47 bits per heavy atom. The Labute approximate surface area is 212 Å². The number of thiazole rings is 1. The van der Waals surface area contributed by atoms with E-state index in [0.717, 1.165) is 38.1 Å². The number of carbonyl (C=O) groups is 1. The van der Waals surface area contributed by atoms with Gasteiger partial charge in [-0.3, -0.25) is 4.79 Å². The summed E-state index contributed by atoms with van der Waals surface area (Å²) in [5.74, 6) is 1.49. The average Bonchev–Trinajstić information content (AvgIpc) is 3.20. The Bertz CT molecular complexity index is 860. The molecule has 176 valence electrons. The van der Waals surface area contributed by atoms with Crippen LogP contribution in [0.25, 0.3) is 0 Å². The Hall–Kier alpha value is -1.88. The molecule has 1 amide bonds. The van der Waals surface area contributed by atoms with Crippen molar-refractivity contribution in [1.82, 2.24) is 20.5 Å². The minimum Gasteiger partial charge on any atom is -0.497 e. The summed E-state index contributed by atoms with van der Waals surface area (Å²) in [5.41, 5.74) is 2.51. The van der Waals surface area contributed by atoms with E-state index in [1.54, 1.807) is 26.1 Å². The summed E-state index contributed by atoms with van der Waals surface area (Å²) in [4.78, 5) is 24.2. The van der Waals surface area contributed by atoms with Crippen LogP contribution in [0.1, 0.15) is 34.0 Å². The van der Waals surface area contributed by atoms with Crippen molar-refractivity contribution < 1.29 is 9.53 Å². The number of benzene rings is 1. The summed E-state index contributed by atoms with van der Waals surface area (Å²) in [6.07, 6.45) is 6.53. The van der Waals surface area contributed by atoms with Crippen molar-refractivity contribution >= 4 is 47.2 Å². The normalized spacial score (nSPS) is 13.0. The van der Waals surface area contributed by atoms with Gasteiger partial charge in [0.15, 0.2) is 5.96 Å². The van der Waals surface area contributed by atoms with E-state index in [2.05, 4.69) is 27.8 Å². The van der Waals surface area contributed by atoms with E-state index >= 15 is 0 Å². The first-order chi connectivity index (χ1) is 15.0. The highest BCUT2D eigenvalue weighted by molar-refractivity contribution is 14.0. The first-order valence-corrected chi connectivity index (χ1v) is 11.7. The third-order valence-corrected chi connectivity index (χ3v) is 6.47. The molecule has 0 saturated heterocycles. The van der Waals surface area contributed by atoms with Gasteiger partial charge < -0.3 is 20.3 Å². The fourth-order valence-electron chi connectivity index (χ4n) is 3.38. The molecule has 9 heteroatoms. The molecule has 0 fully saturated rings. The molecule has 3 rings (SSSR count). The van der Waals surface area contributed by atoms with Gasteiger partial charge >= 0.3 is 0 Å². The van der Waals surface area contributed by atoms with Crippen molar-refractivity contribution in [3.8, 4) is 5.75 Å². The van der Waals surface area contributed by atoms with Crippen molar-refractivity contribution in [1.29, 1.82) is 0 Å². The zero-order valence-corrected chi connectivity index (χ0v) is 22.3. The number of carbonyl (C=O) groups excluding carboxylic acids is 1. The fraction of sp³-hybridized carbons (Fsp3) is 0.522. The van der Waals surface area contributed by atoms with Crippen molar-refractivity contribution in [2.75, 3.05) is 40.8 Å². The van der Waals surface area contributed by atoms with Crippen LogP contribution in [-0.4, -0.2) is 62.6 Å². The van der Waals surface area contributed by atoms with Crippen LogP contribution in [0.15, 0.2) is 29.3 Å². The maximum Gasteiger partial charge on any atom is 0.243 e. The Morgan fingerprint density at radius 1 is 1.12 bits per heavy atom. The van der Waals surface area contributed by atoms with Gasteiger partial charge in [0.05, 0.1) is 17.8 Å². The Morgan fingerprint density at radius 2 is 1.81 bits per heavy atom. The molecule has 2 N–H and O–H groups in total. The maximum atomic E-state index is 12.0. The first-order valence-electron chi connectivity index (χ1n) is 10.9. The Kier molecular flexibility index (Phi) is 11.2. The number of likely N-dealkylation sites (N-methyl/N-ethyl adjacent to an activating group) is 1. The van der Waals surface area contributed by atoms with Crippen LogP contribution in [0.2, 0.25) is 0 Å². The third kappa shape index (κ3) is 8.23. The minimum atomic E-state index is -0.0242. The lowest BCUT2D eigenvalue weighted by Crippen LogP contribution is -2.40. The van der Waals surface area contributed by atoms with Gasteiger partial charge in [-0.25, -0.2) is 9.98 Å². The van der Waals surface area contributed by atoms with Crippen LogP contribution in [0, 0.1) is 0 Å². The van der Waals surface area contributed by atoms with E-state index in [1.165, 1.54) is 40.4 Å². The molecule has 0 aliphatic heterocycles. The second-order valence-electron chi connectivity index (χ2n) is 7.84. The quantitative estimate of drug-likeness (QED) is 0.275. The second-order valence-corrected chi connectivity index (χ2v) is 9.01. The van der Waals surface area contributed by atoms with Gasteiger partial charge in [-0.1, -0.05) is 12.1 Å². The molecule has 2 aromatic rings. The van der Waals surface area contributed by atoms with Crippen LogP contribution >= 0.6 is 35.3 Å². The fourth-order valence-corrected chi connectivity index (χ4v) is 4.54. The van der Waals surface area contributed by atoms with Crippen molar-refractivity contribution in [2.24, 2.45) is 4.99 Å². The molecular formula is C23H34IN5O2S. The van der Waals surface area contributed by atoms with Gasteiger partial charge in [-0.05, 0) is 49.8 Å². The van der Waals surface area contributed by atoms with E-state index in [-0.39, 0.29) is 36.4 Å². The molecule has 32 heavy (non-hydrogen) atoms. The van der Waals surface area contributed by atoms with Crippen molar-refractivity contribution in [2.45, 2.75) is 38.5 Å². The molecule has 0 radical (unpaired) electrons. The number of ether oxygens (including phenoxy) is 1. The minimum absolute atomic E-state index is 0. The number of halogens is 1. The monoisotopic (exact) mass is 571 g/mol. The summed E-state index contributed by atoms with van der Waals surface area (Å²) < 4.78 is 5.21. The SMILES string of the molecule is COc1ccc(CCNC(=NCC(=O)N(C)C)NCCc2nc3c(s2)CCCC3)cc1.I. The number of aliphatic imine (C=N–C) groups is 1. The summed E-state index contributed by atoms with van der Waals surface area (Å²) >= 11 is 1.84. The highest BCUT2D eigenvalue weighted by Crippen LogP contribution is 2.26. The highest BCUT2D eigenvalue weighted by Gasteiger charge is 2.15. The van der Waals surface area contributed by atoms with Crippen LogP contribution in [-0.2, 0) is 30.5 Å². The molecule has 0 unspecified atom stereocenters. The van der Waals surface area contributed by atoms with Crippen LogP contribution in [0.5, 0.6) is 5.75 Å². The largest absolute Gasteiger partial charge is 0.497 e. The predicted molar refractivity (Wildman–Crippen MR) is 142 cm³/mol. The predicted octanol–water partition coefficient (Wildman–Crippen LogP) is 3.06. The van der Waals surface area contributed by atoms with Gasteiger partial charge in [0.25, 0.3) is 0 Å². The van der Waals surface area contributed by atoms with Crippen LogP contribution in [0.3, 0.4) is 0 Å². The zero-order chi connectivity index (χ0) is 22.1. The zero-order valence-electron chi connectivity index (χ0n) is 19.1. The number of nitrogens with one attached hydrogen (secondary N) is 2.